The van der Waals surface area contributed by atoms with Gasteiger partial charge in [0.2, 0.25) is 0 Å². The second kappa shape index (κ2) is 6.00. The van der Waals surface area contributed by atoms with E-state index in [2.05, 4.69) is 19.9 Å². The number of ether oxygens (including phenoxy) is 2. The van der Waals surface area contributed by atoms with Gasteiger partial charge < -0.3 is 14.6 Å². The molecule has 4 aliphatic carbocycles. The summed E-state index contributed by atoms with van der Waals surface area (Å²) in [5, 5.41) is 10.1. The lowest BCUT2D eigenvalue weighted by atomic mass is 9.47. The Kier molecular flexibility index (Phi) is 4.18. The smallest absolute Gasteiger partial charge is 0.438 e. The molecule has 3 saturated carbocycles. The summed E-state index contributed by atoms with van der Waals surface area (Å²) in [5.41, 5.74) is 1.88. The van der Waals surface area contributed by atoms with Crippen molar-refractivity contribution in [3.05, 3.63) is 11.6 Å². The fraction of sp³-hybridized carbons (Fsp3) is 0.857. The van der Waals surface area contributed by atoms with Gasteiger partial charge in [-0.15, -0.1) is 0 Å². The molecule has 0 aliphatic heterocycles. The van der Waals surface area contributed by atoms with E-state index < -0.39 is 6.16 Å². The molecular formula is C21H32O4. The highest BCUT2D eigenvalue weighted by Crippen LogP contribution is 2.65. The predicted octanol–water partition coefficient (Wildman–Crippen LogP) is 4.46. The molecule has 140 valence electrons. The van der Waals surface area contributed by atoms with Gasteiger partial charge in [-0.2, -0.15) is 0 Å². The first kappa shape index (κ1) is 17.4. The molecule has 7 atom stereocenters. The Bertz CT molecular complexity index is 584. The lowest BCUT2D eigenvalue weighted by Crippen LogP contribution is -2.51. The maximum absolute atomic E-state index is 11.7. The summed E-state index contributed by atoms with van der Waals surface area (Å²) in [6, 6.07) is 0. The Morgan fingerprint density at radius 1 is 1.12 bits per heavy atom. The first-order chi connectivity index (χ1) is 11.9. The zero-order valence-corrected chi connectivity index (χ0v) is 15.8. The topological polar surface area (TPSA) is 55.8 Å². The summed E-state index contributed by atoms with van der Waals surface area (Å²) < 4.78 is 10.4. The molecule has 0 aromatic heterocycles. The third-order valence-electron chi connectivity index (χ3n) is 8.41. The molecule has 0 heterocycles. The van der Waals surface area contributed by atoms with Crippen molar-refractivity contribution in [2.24, 2.45) is 28.6 Å². The third-order valence-corrected chi connectivity index (χ3v) is 8.41. The van der Waals surface area contributed by atoms with Gasteiger partial charge in [-0.05, 0) is 74.5 Å². The van der Waals surface area contributed by atoms with Crippen LogP contribution in [0.1, 0.15) is 65.2 Å². The second-order valence-corrected chi connectivity index (χ2v) is 9.31. The predicted molar refractivity (Wildman–Crippen MR) is 95.0 cm³/mol. The molecule has 4 nitrogen and oxygen atoms in total. The lowest BCUT2D eigenvalue weighted by molar-refractivity contribution is -0.0866. The summed E-state index contributed by atoms with van der Waals surface area (Å²) in [7, 11) is 1.39. The van der Waals surface area contributed by atoms with Crippen LogP contribution in [0.25, 0.3) is 0 Å². The largest absolute Gasteiger partial charge is 0.508 e. The van der Waals surface area contributed by atoms with Crippen molar-refractivity contribution in [2.45, 2.75) is 77.4 Å². The Labute approximate surface area is 151 Å². The molecule has 0 saturated heterocycles. The van der Waals surface area contributed by atoms with Gasteiger partial charge in [0.15, 0.2) is 0 Å². The average molecular weight is 348 g/mol. The summed E-state index contributed by atoms with van der Waals surface area (Å²) in [6.07, 6.45) is 10.2. The van der Waals surface area contributed by atoms with Crippen LogP contribution in [0, 0.1) is 28.6 Å². The van der Waals surface area contributed by atoms with Crippen LogP contribution >= 0.6 is 0 Å². The van der Waals surface area contributed by atoms with E-state index in [4.69, 9.17) is 9.47 Å². The van der Waals surface area contributed by atoms with Crippen LogP contribution in [-0.2, 0) is 9.47 Å². The minimum absolute atomic E-state index is 0.00354. The van der Waals surface area contributed by atoms with Gasteiger partial charge in [-0.3, -0.25) is 0 Å². The number of rotatable bonds is 1. The SMILES string of the molecule is COC(=O)O[C@H]1CC[C@H]2[C@@H]3CCC4=C[C@@H](O)CC[C@]4(C)[C@H]3CC[C@]12C. The number of carbonyl (C=O) groups is 1. The van der Waals surface area contributed by atoms with E-state index in [1.165, 1.54) is 25.5 Å². The number of hydrogen-bond acceptors (Lipinski definition) is 4. The van der Waals surface area contributed by atoms with Gasteiger partial charge in [0, 0.05) is 5.41 Å². The first-order valence-electron chi connectivity index (χ1n) is 10.0. The highest BCUT2D eigenvalue weighted by Gasteiger charge is 2.60. The highest BCUT2D eigenvalue weighted by molar-refractivity contribution is 5.60. The maximum Gasteiger partial charge on any atom is 0.508 e. The fourth-order valence-electron chi connectivity index (χ4n) is 7.02. The van der Waals surface area contributed by atoms with Crippen LogP contribution in [0.5, 0.6) is 0 Å². The maximum atomic E-state index is 11.7. The molecule has 0 aromatic rings. The molecule has 0 bridgehead atoms. The van der Waals surface area contributed by atoms with Crippen molar-refractivity contribution >= 4 is 6.16 Å². The highest BCUT2D eigenvalue weighted by atomic mass is 16.7. The summed E-state index contributed by atoms with van der Waals surface area (Å²) >= 11 is 0. The Morgan fingerprint density at radius 3 is 2.68 bits per heavy atom. The quantitative estimate of drug-likeness (QED) is 0.561. The summed E-state index contributed by atoms with van der Waals surface area (Å²) in [4.78, 5) is 11.7. The molecule has 0 spiro atoms. The van der Waals surface area contributed by atoms with E-state index in [9.17, 15) is 9.90 Å². The average Bonchev–Trinajstić information content (AvgIpc) is 2.92. The summed E-state index contributed by atoms with van der Waals surface area (Å²) in [6.45, 7) is 4.79. The third kappa shape index (κ3) is 2.55. The number of carbonyl (C=O) groups excluding carboxylic acids is 1. The zero-order chi connectivity index (χ0) is 17.8. The van der Waals surface area contributed by atoms with E-state index >= 15 is 0 Å². The van der Waals surface area contributed by atoms with Crippen molar-refractivity contribution in [2.75, 3.05) is 7.11 Å². The Balaban J connectivity index is 1.58. The van der Waals surface area contributed by atoms with Gasteiger partial charge in [0.05, 0.1) is 13.2 Å². The fourth-order valence-corrected chi connectivity index (χ4v) is 7.02. The van der Waals surface area contributed by atoms with Crippen LogP contribution < -0.4 is 0 Å². The Hall–Kier alpha value is -1.03. The molecule has 1 N–H and O–H groups in total. The monoisotopic (exact) mass is 348 g/mol. The number of allylic oxidation sites excluding steroid dienone is 1. The van der Waals surface area contributed by atoms with Crippen molar-refractivity contribution in [1.29, 1.82) is 0 Å². The number of fused-ring (bicyclic) bond motifs is 5. The van der Waals surface area contributed by atoms with E-state index in [-0.39, 0.29) is 23.0 Å². The molecule has 4 rings (SSSR count). The van der Waals surface area contributed by atoms with Crippen molar-refractivity contribution in [3.63, 3.8) is 0 Å². The van der Waals surface area contributed by atoms with Crippen molar-refractivity contribution in [1.82, 2.24) is 0 Å². The van der Waals surface area contributed by atoms with Crippen LogP contribution in [0.2, 0.25) is 0 Å². The Morgan fingerprint density at radius 2 is 1.92 bits per heavy atom. The molecular weight excluding hydrogens is 316 g/mol. The van der Waals surface area contributed by atoms with Crippen LogP contribution in [0.4, 0.5) is 4.79 Å². The van der Waals surface area contributed by atoms with Crippen LogP contribution in [-0.4, -0.2) is 30.6 Å². The standard InChI is InChI=1S/C21H32O4/c1-20-10-8-14(22)12-13(20)4-5-15-16-6-7-18(25-19(23)24-3)21(16,2)11-9-17(15)20/h12,14-18,22H,4-11H2,1-3H3/t14-,15-,16-,17-,18-,20-,21-/m0/s1. The molecule has 0 amide bonds. The minimum atomic E-state index is -0.531. The molecule has 3 fully saturated rings. The molecule has 4 heteroatoms. The second-order valence-electron chi connectivity index (χ2n) is 9.31. The van der Waals surface area contributed by atoms with Gasteiger partial charge in [0.25, 0.3) is 0 Å². The van der Waals surface area contributed by atoms with E-state index in [1.807, 2.05) is 0 Å². The number of hydrogen-bond donors (Lipinski definition) is 1. The number of aliphatic hydroxyl groups excluding tert-OH is 1. The van der Waals surface area contributed by atoms with Gasteiger partial charge >= 0.3 is 6.16 Å². The molecule has 0 radical (unpaired) electrons. The van der Waals surface area contributed by atoms with E-state index in [1.54, 1.807) is 0 Å². The minimum Gasteiger partial charge on any atom is -0.438 e. The summed E-state index contributed by atoms with van der Waals surface area (Å²) in [5.74, 6) is 2.09. The van der Waals surface area contributed by atoms with Crippen molar-refractivity contribution < 1.29 is 19.4 Å². The van der Waals surface area contributed by atoms with E-state index in [0.29, 0.717) is 5.92 Å². The van der Waals surface area contributed by atoms with Crippen LogP contribution in [0.15, 0.2) is 11.6 Å². The number of methoxy groups -OCH3 is 1. The van der Waals surface area contributed by atoms with Gasteiger partial charge in [0.1, 0.15) is 6.10 Å². The molecule has 4 aliphatic rings. The normalized spacial score (nSPS) is 48.6. The van der Waals surface area contributed by atoms with Gasteiger partial charge in [-0.25, -0.2) is 4.79 Å². The zero-order valence-electron chi connectivity index (χ0n) is 15.8. The molecule has 0 unspecified atom stereocenters. The first-order valence-corrected chi connectivity index (χ1v) is 10.0. The number of aliphatic hydroxyl groups is 1. The molecule has 25 heavy (non-hydrogen) atoms. The van der Waals surface area contributed by atoms with Gasteiger partial charge in [-0.1, -0.05) is 25.5 Å². The van der Waals surface area contributed by atoms with Crippen LogP contribution in [0.3, 0.4) is 0 Å². The van der Waals surface area contributed by atoms with E-state index in [0.717, 1.165) is 50.4 Å². The molecule has 0 aromatic carbocycles. The van der Waals surface area contributed by atoms with Crippen molar-refractivity contribution in [3.8, 4) is 0 Å². The lowest BCUT2D eigenvalue weighted by Gasteiger charge is -2.58.